The maximum absolute atomic E-state index is 10.5. The lowest BCUT2D eigenvalue weighted by molar-refractivity contribution is 0.214. The highest BCUT2D eigenvalue weighted by Gasteiger charge is 2.15. The molecule has 0 spiro atoms. The molecule has 0 amide bonds. The maximum atomic E-state index is 10.5. The van der Waals surface area contributed by atoms with Crippen LogP contribution in [-0.4, -0.2) is 12.2 Å². The normalized spacial score (nSPS) is 12.2. The molecule has 0 aromatic heterocycles. The molecule has 0 heterocycles. The Balaban J connectivity index is 2.36. The molecule has 1 atom stereocenters. The van der Waals surface area contributed by atoms with Gasteiger partial charge in [-0.2, -0.15) is 0 Å². The first kappa shape index (κ1) is 13.9. The molecule has 0 saturated heterocycles. The monoisotopic (exact) mass is 276 g/mol. The third-order valence-electron chi connectivity index (χ3n) is 3.19. The van der Waals surface area contributed by atoms with E-state index in [2.05, 4.69) is 6.92 Å². The number of hydrogen-bond donors (Lipinski definition) is 1. The molecule has 3 heteroatoms. The van der Waals surface area contributed by atoms with Gasteiger partial charge in [-0.05, 0) is 35.7 Å². The summed E-state index contributed by atoms with van der Waals surface area (Å²) in [6, 6.07) is 13.2. The summed E-state index contributed by atoms with van der Waals surface area (Å²) in [4.78, 5) is 0. The summed E-state index contributed by atoms with van der Waals surface area (Å²) in [7, 11) is 1.58. The molecule has 100 valence electrons. The lowest BCUT2D eigenvalue weighted by Crippen LogP contribution is -2.02. The van der Waals surface area contributed by atoms with E-state index >= 15 is 0 Å². The van der Waals surface area contributed by atoms with E-state index < -0.39 is 6.10 Å². The Morgan fingerprint density at radius 3 is 2.42 bits per heavy atom. The summed E-state index contributed by atoms with van der Waals surface area (Å²) in [6.07, 6.45) is 0.246. The second kappa shape index (κ2) is 6.09. The fourth-order valence-corrected chi connectivity index (χ4v) is 2.21. The number of halogens is 1. The van der Waals surface area contributed by atoms with Crippen molar-refractivity contribution < 1.29 is 9.84 Å². The Morgan fingerprint density at radius 2 is 1.84 bits per heavy atom. The highest BCUT2D eigenvalue weighted by molar-refractivity contribution is 6.30. The average molecular weight is 277 g/mol. The van der Waals surface area contributed by atoms with Crippen molar-refractivity contribution >= 4 is 11.6 Å². The van der Waals surface area contributed by atoms with Gasteiger partial charge >= 0.3 is 0 Å². The zero-order chi connectivity index (χ0) is 13.8. The van der Waals surface area contributed by atoms with Crippen molar-refractivity contribution in [3.63, 3.8) is 0 Å². The van der Waals surface area contributed by atoms with Crippen molar-refractivity contribution in [2.75, 3.05) is 7.11 Å². The van der Waals surface area contributed by atoms with Gasteiger partial charge < -0.3 is 9.84 Å². The number of aryl methyl sites for hydroxylation is 1. The highest BCUT2D eigenvalue weighted by Crippen LogP contribution is 2.32. The van der Waals surface area contributed by atoms with Crippen LogP contribution in [0.15, 0.2) is 42.5 Å². The minimum absolute atomic E-state index is 0.583. The molecule has 0 aliphatic heterocycles. The second-order valence-electron chi connectivity index (χ2n) is 4.38. The van der Waals surface area contributed by atoms with Crippen molar-refractivity contribution in [1.29, 1.82) is 0 Å². The molecule has 0 saturated carbocycles. The zero-order valence-electron chi connectivity index (χ0n) is 11.1. The molecule has 2 aromatic carbocycles. The van der Waals surface area contributed by atoms with Gasteiger partial charge in [-0.1, -0.05) is 42.8 Å². The van der Waals surface area contributed by atoms with Gasteiger partial charge in [0.25, 0.3) is 0 Å². The third-order valence-corrected chi connectivity index (χ3v) is 3.43. The largest absolute Gasteiger partial charge is 0.496 e. The molecule has 0 aliphatic rings. The van der Waals surface area contributed by atoms with Crippen LogP contribution in [0.25, 0.3) is 0 Å². The van der Waals surface area contributed by atoms with Gasteiger partial charge in [-0.3, -0.25) is 0 Å². The van der Waals surface area contributed by atoms with Gasteiger partial charge in [-0.25, -0.2) is 0 Å². The van der Waals surface area contributed by atoms with Gasteiger partial charge in [0, 0.05) is 10.6 Å². The van der Waals surface area contributed by atoms with E-state index in [0.717, 1.165) is 12.0 Å². The third kappa shape index (κ3) is 3.09. The molecule has 0 fully saturated rings. The lowest BCUT2D eigenvalue weighted by Gasteiger charge is -2.16. The van der Waals surface area contributed by atoms with Crippen molar-refractivity contribution in [2.45, 2.75) is 19.4 Å². The first-order valence-electron chi connectivity index (χ1n) is 6.26. The van der Waals surface area contributed by atoms with Crippen molar-refractivity contribution in [1.82, 2.24) is 0 Å². The van der Waals surface area contributed by atoms with Crippen molar-refractivity contribution in [3.05, 3.63) is 64.2 Å². The quantitative estimate of drug-likeness (QED) is 0.915. The molecule has 2 aromatic rings. The highest BCUT2D eigenvalue weighted by atomic mass is 35.5. The van der Waals surface area contributed by atoms with Crippen LogP contribution in [0.5, 0.6) is 5.75 Å². The molecule has 2 nitrogen and oxygen atoms in total. The number of aliphatic hydroxyl groups excluding tert-OH is 1. The van der Waals surface area contributed by atoms with Crippen LogP contribution in [0.4, 0.5) is 0 Å². The topological polar surface area (TPSA) is 29.5 Å². The molecular weight excluding hydrogens is 260 g/mol. The first-order valence-corrected chi connectivity index (χ1v) is 6.63. The van der Waals surface area contributed by atoms with Crippen LogP contribution < -0.4 is 4.74 Å². The minimum Gasteiger partial charge on any atom is -0.496 e. The maximum Gasteiger partial charge on any atom is 0.125 e. The molecular formula is C16H17ClO2. The minimum atomic E-state index is -0.737. The van der Waals surface area contributed by atoms with E-state index in [4.69, 9.17) is 16.3 Å². The predicted octanol–water partition coefficient (Wildman–Crippen LogP) is 3.99. The van der Waals surface area contributed by atoms with Crippen LogP contribution in [-0.2, 0) is 6.42 Å². The summed E-state index contributed by atoms with van der Waals surface area (Å²) in [5.41, 5.74) is 2.76. The molecule has 1 N–H and O–H groups in total. The summed E-state index contributed by atoms with van der Waals surface area (Å²) < 4.78 is 5.27. The fraction of sp³-hybridized carbons (Fsp3) is 0.250. The van der Waals surface area contributed by atoms with Crippen molar-refractivity contribution in [2.24, 2.45) is 0 Å². The average Bonchev–Trinajstić information content (AvgIpc) is 2.46. The SMILES string of the molecule is CCc1ccc(C(O)c2cc(Cl)ccc2OC)cc1. The van der Waals surface area contributed by atoms with E-state index in [1.807, 2.05) is 24.3 Å². The van der Waals surface area contributed by atoms with Crippen LogP contribution >= 0.6 is 11.6 Å². The zero-order valence-corrected chi connectivity index (χ0v) is 11.8. The molecule has 19 heavy (non-hydrogen) atoms. The number of aliphatic hydroxyl groups is 1. The lowest BCUT2D eigenvalue weighted by atomic mass is 9.99. The summed E-state index contributed by atoms with van der Waals surface area (Å²) in [6.45, 7) is 2.10. The van der Waals surface area contributed by atoms with E-state index in [1.54, 1.807) is 25.3 Å². The van der Waals surface area contributed by atoms with E-state index in [0.29, 0.717) is 16.3 Å². The number of benzene rings is 2. The summed E-state index contributed by atoms with van der Waals surface area (Å²) in [5, 5.41) is 11.0. The Labute approximate surface area is 118 Å². The van der Waals surface area contributed by atoms with E-state index in [9.17, 15) is 5.11 Å². The second-order valence-corrected chi connectivity index (χ2v) is 4.82. The first-order chi connectivity index (χ1) is 9.15. The molecule has 0 bridgehead atoms. The van der Waals surface area contributed by atoms with Gasteiger partial charge in [0.1, 0.15) is 11.9 Å². The standard InChI is InChI=1S/C16H17ClO2/c1-3-11-4-6-12(7-5-11)16(18)14-10-13(17)8-9-15(14)19-2/h4-10,16,18H,3H2,1-2H3. The molecule has 1 unspecified atom stereocenters. The van der Waals surface area contributed by atoms with Gasteiger partial charge in [-0.15, -0.1) is 0 Å². The summed E-state index contributed by atoms with van der Waals surface area (Å²) >= 11 is 5.99. The van der Waals surface area contributed by atoms with Crippen molar-refractivity contribution in [3.8, 4) is 5.75 Å². The summed E-state index contributed by atoms with van der Waals surface area (Å²) in [5.74, 6) is 0.636. The van der Waals surface area contributed by atoms with Crippen LogP contribution in [0, 0.1) is 0 Å². The number of rotatable bonds is 4. The van der Waals surface area contributed by atoms with Crippen LogP contribution in [0.3, 0.4) is 0 Å². The van der Waals surface area contributed by atoms with Gasteiger partial charge in [0.2, 0.25) is 0 Å². The molecule has 2 rings (SSSR count). The van der Waals surface area contributed by atoms with E-state index in [1.165, 1.54) is 5.56 Å². The van der Waals surface area contributed by atoms with Gasteiger partial charge in [0.05, 0.1) is 7.11 Å². The Hall–Kier alpha value is -1.51. The Morgan fingerprint density at radius 1 is 1.16 bits per heavy atom. The van der Waals surface area contributed by atoms with Crippen LogP contribution in [0.2, 0.25) is 5.02 Å². The number of hydrogen-bond acceptors (Lipinski definition) is 2. The predicted molar refractivity (Wildman–Crippen MR) is 77.9 cm³/mol. The van der Waals surface area contributed by atoms with Crippen LogP contribution in [0.1, 0.15) is 29.7 Å². The van der Waals surface area contributed by atoms with Gasteiger partial charge in [0.15, 0.2) is 0 Å². The fourth-order valence-electron chi connectivity index (χ4n) is 2.03. The number of ether oxygens (including phenoxy) is 1. The Kier molecular flexibility index (Phi) is 4.46. The number of methoxy groups -OCH3 is 1. The Bertz CT molecular complexity index is 549. The molecule has 0 radical (unpaired) electrons. The molecule has 0 aliphatic carbocycles. The van der Waals surface area contributed by atoms with E-state index in [-0.39, 0.29) is 0 Å². The smallest absolute Gasteiger partial charge is 0.125 e.